The first kappa shape index (κ1) is 22.4. The van der Waals surface area contributed by atoms with Crippen molar-refractivity contribution in [2.45, 2.75) is 19.8 Å². The molecule has 0 aromatic heterocycles. The van der Waals surface area contributed by atoms with E-state index in [0.717, 1.165) is 28.2 Å². The van der Waals surface area contributed by atoms with Gasteiger partial charge in [-0.3, -0.25) is 4.79 Å². The molecule has 0 bridgehead atoms. The highest BCUT2D eigenvalue weighted by atomic mass is 32.2. The fraction of sp³-hybridized carbons (Fsp3) is 0.143. The summed E-state index contributed by atoms with van der Waals surface area (Å²) < 4.78 is 12.6. The van der Waals surface area contributed by atoms with E-state index in [1.165, 1.54) is 22.9 Å². The van der Waals surface area contributed by atoms with Gasteiger partial charge in [-0.2, -0.15) is 0 Å². The molecule has 1 N–H and O–H groups in total. The van der Waals surface area contributed by atoms with E-state index in [1.807, 2.05) is 67.6 Å². The largest absolute Gasteiger partial charge is 0.494 e. The highest BCUT2D eigenvalue weighted by Gasteiger charge is 2.33. The minimum absolute atomic E-state index is 0.109. The van der Waals surface area contributed by atoms with Crippen LogP contribution in [0.3, 0.4) is 0 Å². The topological polar surface area (TPSA) is 47.6 Å². The van der Waals surface area contributed by atoms with E-state index in [0.29, 0.717) is 21.6 Å². The van der Waals surface area contributed by atoms with E-state index in [4.69, 9.17) is 21.7 Å². The molecule has 4 nitrogen and oxygen atoms in total. The third-order valence-electron chi connectivity index (χ3n) is 5.87. The van der Waals surface area contributed by atoms with Crippen LogP contribution in [0.25, 0.3) is 5.76 Å². The van der Waals surface area contributed by atoms with Crippen LogP contribution in [-0.4, -0.2) is 16.8 Å². The van der Waals surface area contributed by atoms with E-state index in [-0.39, 0.29) is 11.8 Å². The average molecular weight is 486 g/mol. The molecule has 2 aliphatic rings. The second-order valence-corrected chi connectivity index (χ2v) is 9.74. The predicted octanol–water partition coefficient (Wildman–Crippen LogP) is 6.36. The molecule has 3 aromatic rings. The summed E-state index contributed by atoms with van der Waals surface area (Å²) in [5.74, 6) is 2.03. The van der Waals surface area contributed by atoms with Crippen LogP contribution in [0.5, 0.6) is 11.5 Å². The van der Waals surface area contributed by atoms with Crippen molar-refractivity contribution in [1.82, 2.24) is 5.32 Å². The predicted molar refractivity (Wildman–Crippen MR) is 141 cm³/mol. The Bertz CT molecular complexity index is 1340. The van der Waals surface area contributed by atoms with Crippen LogP contribution in [0.2, 0.25) is 0 Å². The van der Waals surface area contributed by atoms with Crippen molar-refractivity contribution in [2.24, 2.45) is 0 Å². The quantitative estimate of drug-likeness (QED) is 0.337. The number of carbonyl (C=O) groups is 1. The lowest BCUT2D eigenvalue weighted by Crippen LogP contribution is -2.19. The van der Waals surface area contributed by atoms with Crippen LogP contribution >= 0.6 is 24.0 Å². The zero-order valence-corrected chi connectivity index (χ0v) is 20.5. The molecule has 5 rings (SSSR count). The van der Waals surface area contributed by atoms with Crippen LogP contribution < -0.4 is 14.8 Å². The summed E-state index contributed by atoms with van der Waals surface area (Å²) in [5, 5.41) is 2.72. The number of amides is 1. The molecule has 2 aliphatic heterocycles. The Morgan fingerprint density at radius 3 is 2.41 bits per heavy atom. The van der Waals surface area contributed by atoms with Gasteiger partial charge in [0.25, 0.3) is 5.91 Å². The van der Waals surface area contributed by atoms with Crippen LogP contribution in [0.4, 0.5) is 0 Å². The van der Waals surface area contributed by atoms with Gasteiger partial charge in [-0.05, 0) is 61.4 Å². The molecule has 1 saturated heterocycles. The summed E-state index contributed by atoms with van der Waals surface area (Å²) in [7, 11) is 0. The van der Waals surface area contributed by atoms with Crippen molar-refractivity contribution < 1.29 is 14.3 Å². The van der Waals surface area contributed by atoms with Crippen molar-refractivity contribution in [2.75, 3.05) is 6.61 Å². The van der Waals surface area contributed by atoms with Crippen LogP contribution in [-0.2, 0) is 4.79 Å². The summed E-state index contributed by atoms with van der Waals surface area (Å²) in [4.78, 5) is 13.2. The molecule has 0 saturated carbocycles. The van der Waals surface area contributed by atoms with Gasteiger partial charge in [0, 0.05) is 22.6 Å². The molecule has 1 amide bonds. The molecular weight excluding hydrogens is 462 g/mol. The maximum atomic E-state index is 12.6. The number of hydrogen-bond acceptors (Lipinski definition) is 5. The standard InChI is InChI=1S/C28H23NO3S2/c1-3-31-19-14-12-18(13-15-19)26-22(16-24-27(30)29-28(33)34-24)25(20-9-5-4-8-17(20)2)21-10-6-7-11-23(21)32-26/h4-16,25H,3H2,1-2H3,(H,29,30,33)/b24-16-. The van der Waals surface area contributed by atoms with Gasteiger partial charge < -0.3 is 14.8 Å². The molecule has 2 heterocycles. The number of ether oxygens (including phenoxy) is 2. The number of nitrogens with one attached hydrogen (secondary N) is 1. The fourth-order valence-electron chi connectivity index (χ4n) is 4.33. The van der Waals surface area contributed by atoms with E-state index in [9.17, 15) is 4.79 Å². The van der Waals surface area contributed by atoms with Crippen molar-refractivity contribution >= 4 is 40.0 Å². The zero-order valence-electron chi connectivity index (χ0n) is 18.8. The number of rotatable bonds is 5. The number of thiocarbonyl (C=S) groups is 1. The number of thioether (sulfide) groups is 1. The number of benzene rings is 3. The number of allylic oxidation sites excluding steroid dienone is 2. The molecule has 0 spiro atoms. The Morgan fingerprint density at radius 2 is 1.74 bits per heavy atom. The minimum atomic E-state index is -0.184. The molecule has 0 radical (unpaired) electrons. The van der Waals surface area contributed by atoms with E-state index >= 15 is 0 Å². The number of carbonyl (C=O) groups excluding carboxylic acids is 1. The Balaban J connectivity index is 1.76. The number of hydrogen-bond donors (Lipinski definition) is 1. The van der Waals surface area contributed by atoms with E-state index < -0.39 is 0 Å². The Hall–Kier alpha value is -3.35. The van der Waals surface area contributed by atoms with Gasteiger partial charge in [0.05, 0.1) is 11.5 Å². The SMILES string of the molecule is CCOc1ccc(C2=C(/C=C3\SC(=S)NC3=O)C(c3ccccc3C)c3ccccc3O2)cc1. The van der Waals surface area contributed by atoms with Crippen molar-refractivity contribution in [3.05, 3.63) is 112 Å². The molecule has 170 valence electrons. The molecule has 34 heavy (non-hydrogen) atoms. The minimum Gasteiger partial charge on any atom is -0.494 e. The van der Waals surface area contributed by atoms with Gasteiger partial charge in [0.2, 0.25) is 0 Å². The number of fused-ring (bicyclic) bond motifs is 1. The lowest BCUT2D eigenvalue weighted by atomic mass is 9.79. The zero-order chi connectivity index (χ0) is 23.7. The molecule has 1 atom stereocenters. The Labute approximate surface area is 208 Å². The fourth-order valence-corrected chi connectivity index (χ4v) is 5.37. The summed E-state index contributed by atoms with van der Waals surface area (Å²) in [6.45, 7) is 4.68. The maximum absolute atomic E-state index is 12.6. The van der Waals surface area contributed by atoms with E-state index in [1.54, 1.807) is 0 Å². The molecule has 0 aliphatic carbocycles. The Kier molecular flexibility index (Phi) is 6.26. The molecule has 1 fully saturated rings. The first-order chi connectivity index (χ1) is 16.5. The lowest BCUT2D eigenvalue weighted by Gasteiger charge is -2.31. The van der Waals surface area contributed by atoms with Gasteiger partial charge in [-0.25, -0.2) is 0 Å². The molecule has 6 heteroatoms. The van der Waals surface area contributed by atoms with Crippen LogP contribution in [0.15, 0.2) is 89.4 Å². The van der Waals surface area contributed by atoms with Crippen molar-refractivity contribution in [3.63, 3.8) is 0 Å². The Morgan fingerprint density at radius 1 is 1.03 bits per heavy atom. The van der Waals surface area contributed by atoms with E-state index in [2.05, 4.69) is 30.4 Å². The van der Waals surface area contributed by atoms with Gasteiger partial charge in [-0.15, -0.1) is 0 Å². The van der Waals surface area contributed by atoms with Gasteiger partial charge >= 0.3 is 0 Å². The summed E-state index contributed by atoms with van der Waals surface area (Å²) in [5.41, 5.74) is 5.22. The van der Waals surface area contributed by atoms with Crippen molar-refractivity contribution in [3.8, 4) is 11.5 Å². The molecule has 3 aromatic carbocycles. The summed E-state index contributed by atoms with van der Waals surface area (Å²) in [6.07, 6.45) is 1.93. The summed E-state index contributed by atoms with van der Waals surface area (Å²) >= 11 is 6.52. The van der Waals surface area contributed by atoms with Gasteiger partial charge in [0.15, 0.2) is 0 Å². The normalized spacial score (nSPS) is 18.5. The first-order valence-corrected chi connectivity index (χ1v) is 12.3. The van der Waals surface area contributed by atoms with Crippen molar-refractivity contribution in [1.29, 1.82) is 0 Å². The number of para-hydroxylation sites is 1. The van der Waals surface area contributed by atoms with Gasteiger partial charge in [-0.1, -0.05) is 66.4 Å². The second-order valence-electron chi connectivity index (χ2n) is 8.02. The highest BCUT2D eigenvalue weighted by Crippen LogP contribution is 2.48. The number of aryl methyl sites for hydroxylation is 1. The average Bonchev–Trinajstić information content (AvgIpc) is 3.16. The van der Waals surface area contributed by atoms with Crippen LogP contribution in [0.1, 0.15) is 35.1 Å². The van der Waals surface area contributed by atoms with Gasteiger partial charge in [0.1, 0.15) is 21.6 Å². The second kappa shape index (κ2) is 9.49. The van der Waals surface area contributed by atoms with Crippen LogP contribution in [0, 0.1) is 6.92 Å². The molecular formula is C28H23NO3S2. The third kappa shape index (κ3) is 4.27. The first-order valence-electron chi connectivity index (χ1n) is 11.1. The smallest absolute Gasteiger partial charge is 0.263 e. The maximum Gasteiger partial charge on any atom is 0.263 e. The monoisotopic (exact) mass is 485 g/mol. The lowest BCUT2D eigenvalue weighted by molar-refractivity contribution is -0.115. The third-order valence-corrected chi connectivity index (χ3v) is 7.03. The highest BCUT2D eigenvalue weighted by molar-refractivity contribution is 8.26. The molecule has 1 unspecified atom stereocenters. The summed E-state index contributed by atoms with van der Waals surface area (Å²) in [6, 6.07) is 24.3.